The van der Waals surface area contributed by atoms with Crippen molar-refractivity contribution in [2.24, 2.45) is 5.73 Å². The average Bonchev–Trinajstić information content (AvgIpc) is 3.19. The number of urea groups is 1. The first-order chi connectivity index (χ1) is 14.0. The number of hydrogen-bond acceptors (Lipinski definition) is 3. The number of rotatable bonds is 8. The van der Waals surface area contributed by atoms with Crippen LogP contribution >= 0.6 is 15.9 Å². The van der Waals surface area contributed by atoms with Gasteiger partial charge >= 0.3 is 6.03 Å². The summed E-state index contributed by atoms with van der Waals surface area (Å²) in [5.74, 6) is -0.183. The number of primary amides is 1. The van der Waals surface area contributed by atoms with Crippen molar-refractivity contribution in [1.29, 1.82) is 0 Å². The van der Waals surface area contributed by atoms with Crippen molar-refractivity contribution in [3.05, 3.63) is 88.2 Å². The van der Waals surface area contributed by atoms with Gasteiger partial charge in [-0.3, -0.25) is 9.48 Å². The highest BCUT2D eigenvalue weighted by Gasteiger charge is 2.18. The first kappa shape index (κ1) is 20.6. The summed E-state index contributed by atoms with van der Waals surface area (Å²) in [5, 5.41) is 9.80. The number of nitrogens with one attached hydrogen (secondary N) is 2. The molecular weight excluding hydrogens is 434 g/mol. The van der Waals surface area contributed by atoms with Crippen molar-refractivity contribution < 1.29 is 9.59 Å². The summed E-state index contributed by atoms with van der Waals surface area (Å²) in [6.45, 7) is 1.01. The van der Waals surface area contributed by atoms with Crippen LogP contribution < -0.4 is 16.4 Å². The van der Waals surface area contributed by atoms with Crippen molar-refractivity contribution in [1.82, 2.24) is 20.4 Å². The first-order valence-electron chi connectivity index (χ1n) is 9.13. The molecule has 1 heterocycles. The Hall–Kier alpha value is -3.13. The molecule has 1 atom stereocenters. The minimum atomic E-state index is -0.674. The van der Waals surface area contributed by atoms with Crippen LogP contribution in [-0.4, -0.2) is 21.7 Å². The lowest BCUT2D eigenvalue weighted by molar-refractivity contribution is -0.121. The Balaban J connectivity index is 1.64. The average molecular weight is 456 g/mol. The molecule has 4 N–H and O–H groups in total. The highest BCUT2D eigenvalue weighted by atomic mass is 79.9. The monoisotopic (exact) mass is 455 g/mol. The number of amides is 3. The molecule has 0 bridgehead atoms. The van der Waals surface area contributed by atoms with Gasteiger partial charge in [0, 0.05) is 23.4 Å². The highest BCUT2D eigenvalue weighted by Crippen LogP contribution is 2.21. The lowest BCUT2D eigenvalue weighted by atomic mass is 10.0. The van der Waals surface area contributed by atoms with E-state index in [-0.39, 0.29) is 12.3 Å². The first-order valence-corrected chi connectivity index (χ1v) is 9.93. The van der Waals surface area contributed by atoms with Crippen molar-refractivity contribution in [2.45, 2.75) is 25.6 Å². The van der Waals surface area contributed by atoms with Gasteiger partial charge in [-0.05, 0) is 34.9 Å². The maximum absolute atomic E-state index is 12.6. The molecule has 3 rings (SSSR count). The van der Waals surface area contributed by atoms with Crippen LogP contribution in [0.4, 0.5) is 4.79 Å². The molecule has 150 valence electrons. The van der Waals surface area contributed by atoms with Crippen molar-refractivity contribution >= 4 is 27.9 Å². The van der Waals surface area contributed by atoms with Gasteiger partial charge in [0.15, 0.2) is 0 Å². The molecule has 0 radical (unpaired) electrons. The quantitative estimate of drug-likeness (QED) is 0.486. The van der Waals surface area contributed by atoms with E-state index in [0.717, 1.165) is 21.2 Å². The van der Waals surface area contributed by atoms with Gasteiger partial charge in [0.05, 0.1) is 19.0 Å². The maximum atomic E-state index is 12.6. The Labute approximate surface area is 177 Å². The number of benzene rings is 2. The van der Waals surface area contributed by atoms with E-state index < -0.39 is 12.1 Å². The number of carbonyl (C=O) groups is 2. The predicted octanol–water partition coefficient (Wildman–Crippen LogP) is 3.11. The fourth-order valence-electron chi connectivity index (χ4n) is 3.05. The molecule has 0 fully saturated rings. The van der Waals surface area contributed by atoms with Crippen LogP contribution in [0, 0.1) is 0 Å². The molecule has 3 aromatic rings. The summed E-state index contributed by atoms with van der Waals surface area (Å²) in [6.07, 6.45) is 3.71. The Morgan fingerprint density at radius 3 is 2.59 bits per heavy atom. The summed E-state index contributed by atoms with van der Waals surface area (Å²) < 4.78 is 2.69. The Kier molecular flexibility index (Phi) is 7.02. The number of carbonyl (C=O) groups excluding carboxylic acids is 2. The molecule has 0 aliphatic rings. The van der Waals surface area contributed by atoms with E-state index in [2.05, 4.69) is 31.7 Å². The summed E-state index contributed by atoms with van der Waals surface area (Å²) in [5.41, 5.74) is 8.18. The van der Waals surface area contributed by atoms with Crippen molar-refractivity contribution in [3.63, 3.8) is 0 Å². The molecule has 8 heteroatoms. The number of nitrogens with zero attached hydrogens (tertiary/aromatic N) is 2. The smallest absolute Gasteiger partial charge is 0.312 e. The second-order valence-corrected chi connectivity index (χ2v) is 7.49. The van der Waals surface area contributed by atoms with Gasteiger partial charge in [0.1, 0.15) is 0 Å². The zero-order valence-electron chi connectivity index (χ0n) is 15.7. The molecule has 0 saturated heterocycles. The fraction of sp³-hybridized carbons (Fsp3) is 0.190. The van der Waals surface area contributed by atoms with Crippen LogP contribution in [0.2, 0.25) is 0 Å². The van der Waals surface area contributed by atoms with Crippen LogP contribution in [0.1, 0.15) is 29.2 Å². The van der Waals surface area contributed by atoms with Gasteiger partial charge in [-0.15, -0.1) is 0 Å². The topological polar surface area (TPSA) is 102 Å². The van der Waals surface area contributed by atoms with E-state index in [1.54, 1.807) is 6.20 Å². The summed E-state index contributed by atoms with van der Waals surface area (Å²) in [6, 6.07) is 16.0. The van der Waals surface area contributed by atoms with E-state index in [9.17, 15) is 9.59 Å². The third-order valence-electron chi connectivity index (χ3n) is 4.44. The van der Waals surface area contributed by atoms with E-state index in [4.69, 9.17) is 5.73 Å². The molecule has 0 aliphatic carbocycles. The second-order valence-electron chi connectivity index (χ2n) is 6.57. The Morgan fingerprint density at radius 2 is 1.90 bits per heavy atom. The molecule has 0 aliphatic heterocycles. The van der Waals surface area contributed by atoms with Crippen LogP contribution in [0.3, 0.4) is 0 Å². The van der Waals surface area contributed by atoms with Gasteiger partial charge < -0.3 is 16.4 Å². The van der Waals surface area contributed by atoms with Crippen LogP contribution in [0.5, 0.6) is 0 Å². The zero-order chi connectivity index (χ0) is 20.6. The summed E-state index contributed by atoms with van der Waals surface area (Å²) in [4.78, 5) is 23.9. The Bertz CT molecular complexity index is 975. The molecule has 2 aromatic carbocycles. The van der Waals surface area contributed by atoms with Gasteiger partial charge in [0.2, 0.25) is 5.91 Å². The van der Waals surface area contributed by atoms with E-state index in [1.165, 1.54) is 0 Å². The van der Waals surface area contributed by atoms with Crippen LogP contribution in [0.25, 0.3) is 0 Å². The summed E-state index contributed by atoms with van der Waals surface area (Å²) >= 11 is 3.40. The lowest BCUT2D eigenvalue weighted by Crippen LogP contribution is -2.36. The second kappa shape index (κ2) is 9.88. The molecule has 29 heavy (non-hydrogen) atoms. The maximum Gasteiger partial charge on any atom is 0.312 e. The van der Waals surface area contributed by atoms with Crippen LogP contribution in [0.15, 0.2) is 71.5 Å². The zero-order valence-corrected chi connectivity index (χ0v) is 17.3. The van der Waals surface area contributed by atoms with Crippen molar-refractivity contribution in [2.75, 3.05) is 0 Å². The van der Waals surface area contributed by atoms with Gasteiger partial charge in [-0.25, -0.2) is 4.79 Å². The fourth-order valence-corrected chi connectivity index (χ4v) is 3.47. The van der Waals surface area contributed by atoms with E-state index in [0.29, 0.717) is 13.1 Å². The van der Waals surface area contributed by atoms with Crippen LogP contribution in [-0.2, 0) is 17.9 Å². The summed E-state index contributed by atoms with van der Waals surface area (Å²) in [7, 11) is 0. The third kappa shape index (κ3) is 6.18. The Morgan fingerprint density at radius 1 is 1.10 bits per heavy atom. The molecule has 0 saturated carbocycles. The molecule has 0 spiro atoms. The van der Waals surface area contributed by atoms with Gasteiger partial charge in [0.25, 0.3) is 0 Å². The van der Waals surface area contributed by atoms with Gasteiger partial charge in [-0.2, -0.15) is 5.10 Å². The largest absolute Gasteiger partial charge is 0.352 e. The molecular formula is C21H22BrN5O2. The molecule has 0 unspecified atom stereocenters. The normalized spacial score (nSPS) is 11.6. The third-order valence-corrected chi connectivity index (χ3v) is 4.94. The van der Waals surface area contributed by atoms with Gasteiger partial charge in [-0.1, -0.05) is 52.3 Å². The number of nitrogens with two attached hydrogens (primary N) is 1. The predicted molar refractivity (Wildman–Crippen MR) is 114 cm³/mol. The van der Waals surface area contributed by atoms with Crippen molar-refractivity contribution in [3.8, 4) is 0 Å². The SMILES string of the molecule is NC(=O)N[C@H](CC(=O)NCc1ccccc1Cn1cccn1)c1cccc(Br)c1. The number of hydrogen-bond donors (Lipinski definition) is 3. The number of halogens is 1. The highest BCUT2D eigenvalue weighted by molar-refractivity contribution is 9.10. The molecule has 3 amide bonds. The molecule has 1 aromatic heterocycles. The number of aromatic nitrogens is 2. The standard InChI is InChI=1S/C21H22BrN5O2/c22-18-8-3-7-15(11-18)19(26-21(23)29)12-20(28)24-13-16-5-1-2-6-17(16)14-27-10-4-9-25-27/h1-11,19H,12-14H2,(H,24,28)(H3,23,26,29)/t19-/m1/s1. The minimum absolute atomic E-state index is 0.0840. The lowest BCUT2D eigenvalue weighted by Gasteiger charge is -2.18. The van der Waals surface area contributed by atoms with E-state index in [1.807, 2.05) is 65.5 Å². The minimum Gasteiger partial charge on any atom is -0.352 e. The molecule has 7 nitrogen and oxygen atoms in total. The van der Waals surface area contributed by atoms with E-state index >= 15 is 0 Å².